The molecule has 0 aliphatic carbocycles. The van der Waals surface area contributed by atoms with Crippen LogP contribution in [0.15, 0.2) is 43.0 Å². The molecule has 7 nitrogen and oxygen atoms in total. The van der Waals surface area contributed by atoms with Crippen LogP contribution in [0.2, 0.25) is 0 Å². The van der Waals surface area contributed by atoms with Gasteiger partial charge in [-0.15, -0.1) is 15.3 Å². The Labute approximate surface area is 134 Å². The van der Waals surface area contributed by atoms with Gasteiger partial charge in [0.05, 0.1) is 0 Å². The number of piperazine rings is 1. The predicted octanol–water partition coefficient (Wildman–Crippen LogP) is 1.23. The fraction of sp³-hybridized carbons (Fsp3) is 0.375. The molecule has 0 aromatic carbocycles. The predicted molar refractivity (Wildman–Crippen MR) is 87.1 cm³/mol. The summed E-state index contributed by atoms with van der Waals surface area (Å²) in [5, 5.41) is 12.5. The van der Waals surface area contributed by atoms with Crippen LogP contribution in [-0.2, 0) is 6.54 Å². The number of rotatable bonds is 3. The van der Waals surface area contributed by atoms with E-state index in [2.05, 4.69) is 43.1 Å². The van der Waals surface area contributed by atoms with Crippen molar-refractivity contribution >= 4 is 11.5 Å². The van der Waals surface area contributed by atoms with Gasteiger partial charge in [0.15, 0.2) is 5.65 Å². The van der Waals surface area contributed by atoms with Crippen molar-refractivity contribution in [2.24, 2.45) is 0 Å². The van der Waals surface area contributed by atoms with Crippen molar-refractivity contribution in [2.75, 3.05) is 24.5 Å². The summed E-state index contributed by atoms with van der Waals surface area (Å²) >= 11 is 0. The maximum absolute atomic E-state index is 4.61. The summed E-state index contributed by atoms with van der Waals surface area (Å²) in [5.41, 5.74) is 2.04. The van der Waals surface area contributed by atoms with Gasteiger partial charge < -0.3 is 4.90 Å². The van der Waals surface area contributed by atoms with Crippen LogP contribution in [0.25, 0.3) is 5.65 Å². The van der Waals surface area contributed by atoms with E-state index in [0.717, 1.165) is 37.6 Å². The molecule has 1 aliphatic rings. The summed E-state index contributed by atoms with van der Waals surface area (Å²) < 4.78 is 1.73. The topological polar surface area (TPSA) is 62.5 Å². The van der Waals surface area contributed by atoms with Crippen molar-refractivity contribution in [1.82, 2.24) is 29.7 Å². The number of hydrogen-bond acceptors (Lipinski definition) is 6. The SMILES string of the molecule is C[C@H]1CN(Cc2cccnc2)CCN1c1ccc2nncn2n1. The van der Waals surface area contributed by atoms with E-state index in [9.17, 15) is 0 Å². The van der Waals surface area contributed by atoms with Crippen LogP contribution >= 0.6 is 0 Å². The molecule has 0 bridgehead atoms. The smallest absolute Gasteiger partial charge is 0.177 e. The molecule has 0 saturated carbocycles. The fourth-order valence-electron chi connectivity index (χ4n) is 3.14. The van der Waals surface area contributed by atoms with Gasteiger partial charge in [-0.2, -0.15) is 4.52 Å². The van der Waals surface area contributed by atoms with Gasteiger partial charge in [0, 0.05) is 44.6 Å². The van der Waals surface area contributed by atoms with E-state index in [1.807, 2.05) is 30.6 Å². The zero-order valence-electron chi connectivity index (χ0n) is 13.1. The Kier molecular flexibility index (Phi) is 3.63. The van der Waals surface area contributed by atoms with Crippen molar-refractivity contribution in [3.8, 4) is 0 Å². The van der Waals surface area contributed by atoms with Gasteiger partial charge in [-0.1, -0.05) is 6.07 Å². The number of nitrogens with zero attached hydrogens (tertiary/aromatic N) is 7. The van der Waals surface area contributed by atoms with Crippen LogP contribution in [0.4, 0.5) is 5.82 Å². The maximum atomic E-state index is 4.61. The van der Waals surface area contributed by atoms with Crippen molar-refractivity contribution in [3.63, 3.8) is 0 Å². The molecule has 4 rings (SSSR count). The first-order valence-corrected chi connectivity index (χ1v) is 7.84. The van der Waals surface area contributed by atoms with Crippen LogP contribution in [0.5, 0.6) is 0 Å². The van der Waals surface area contributed by atoms with Gasteiger partial charge in [-0.25, -0.2) is 0 Å². The Morgan fingerprint density at radius 1 is 1.22 bits per heavy atom. The van der Waals surface area contributed by atoms with Crippen LogP contribution < -0.4 is 4.90 Å². The molecule has 0 unspecified atom stereocenters. The summed E-state index contributed by atoms with van der Waals surface area (Å²) in [6.07, 6.45) is 5.40. The largest absolute Gasteiger partial charge is 0.350 e. The van der Waals surface area contributed by atoms with Crippen LogP contribution in [0, 0.1) is 0 Å². The van der Waals surface area contributed by atoms with E-state index in [1.54, 1.807) is 10.8 Å². The van der Waals surface area contributed by atoms with E-state index < -0.39 is 0 Å². The fourth-order valence-corrected chi connectivity index (χ4v) is 3.14. The highest BCUT2D eigenvalue weighted by atomic mass is 15.4. The first-order valence-electron chi connectivity index (χ1n) is 7.84. The van der Waals surface area contributed by atoms with Gasteiger partial charge in [-0.3, -0.25) is 9.88 Å². The molecule has 1 atom stereocenters. The minimum absolute atomic E-state index is 0.404. The Morgan fingerprint density at radius 2 is 2.17 bits per heavy atom. The molecule has 7 heteroatoms. The van der Waals surface area contributed by atoms with E-state index in [-0.39, 0.29) is 0 Å². The Balaban J connectivity index is 1.46. The van der Waals surface area contributed by atoms with E-state index in [4.69, 9.17) is 0 Å². The lowest BCUT2D eigenvalue weighted by molar-refractivity contribution is 0.220. The molecule has 1 aliphatic heterocycles. The van der Waals surface area contributed by atoms with E-state index in [0.29, 0.717) is 6.04 Å². The van der Waals surface area contributed by atoms with Gasteiger partial charge in [-0.05, 0) is 30.7 Å². The zero-order valence-corrected chi connectivity index (χ0v) is 13.1. The third-order valence-electron chi connectivity index (χ3n) is 4.28. The molecule has 0 amide bonds. The normalized spacial score (nSPS) is 19.3. The summed E-state index contributed by atoms with van der Waals surface area (Å²) in [4.78, 5) is 9.01. The number of aromatic nitrogens is 5. The lowest BCUT2D eigenvalue weighted by atomic mass is 10.1. The number of fused-ring (bicyclic) bond motifs is 1. The summed E-state index contributed by atoms with van der Waals surface area (Å²) in [6, 6.07) is 8.52. The third kappa shape index (κ3) is 2.87. The molecule has 0 radical (unpaired) electrons. The first-order chi connectivity index (χ1) is 11.3. The monoisotopic (exact) mass is 309 g/mol. The van der Waals surface area contributed by atoms with Crippen molar-refractivity contribution in [2.45, 2.75) is 19.5 Å². The summed E-state index contributed by atoms with van der Waals surface area (Å²) in [5.74, 6) is 0.978. The first kappa shape index (κ1) is 14.1. The highest BCUT2D eigenvalue weighted by Crippen LogP contribution is 2.19. The highest BCUT2D eigenvalue weighted by Gasteiger charge is 2.25. The Morgan fingerprint density at radius 3 is 3.00 bits per heavy atom. The average Bonchev–Trinajstić information content (AvgIpc) is 3.03. The molecule has 3 aromatic rings. The number of anilines is 1. The van der Waals surface area contributed by atoms with Gasteiger partial charge in [0.25, 0.3) is 0 Å². The van der Waals surface area contributed by atoms with Crippen molar-refractivity contribution < 1.29 is 0 Å². The minimum atomic E-state index is 0.404. The molecular weight excluding hydrogens is 290 g/mol. The third-order valence-corrected chi connectivity index (χ3v) is 4.28. The van der Waals surface area contributed by atoms with Gasteiger partial charge in [0.1, 0.15) is 12.1 Å². The van der Waals surface area contributed by atoms with Crippen LogP contribution in [0.3, 0.4) is 0 Å². The second-order valence-corrected chi connectivity index (χ2v) is 5.96. The average molecular weight is 309 g/mol. The molecule has 118 valence electrons. The number of hydrogen-bond donors (Lipinski definition) is 0. The maximum Gasteiger partial charge on any atom is 0.177 e. The number of pyridine rings is 1. The molecule has 0 spiro atoms. The quantitative estimate of drug-likeness (QED) is 0.725. The molecule has 1 saturated heterocycles. The summed E-state index contributed by atoms with van der Waals surface area (Å²) in [7, 11) is 0. The lowest BCUT2D eigenvalue weighted by Crippen LogP contribution is -2.52. The highest BCUT2D eigenvalue weighted by molar-refractivity contribution is 5.46. The molecule has 4 heterocycles. The van der Waals surface area contributed by atoms with Gasteiger partial charge in [0.2, 0.25) is 0 Å². The molecule has 3 aromatic heterocycles. The Bertz CT molecular complexity index is 785. The van der Waals surface area contributed by atoms with Crippen LogP contribution in [0.1, 0.15) is 12.5 Å². The molecule has 1 fully saturated rings. The molecule has 23 heavy (non-hydrogen) atoms. The van der Waals surface area contributed by atoms with Crippen LogP contribution in [-0.4, -0.2) is 55.4 Å². The lowest BCUT2D eigenvalue weighted by Gasteiger charge is -2.40. The second kappa shape index (κ2) is 5.92. The standard InChI is InChI=1S/C16H19N7/c1-13-10-21(11-14-3-2-6-17-9-14)7-8-22(13)16-5-4-15-19-18-12-23(15)20-16/h2-6,9,12-13H,7-8,10-11H2,1H3/t13-/m0/s1. The summed E-state index contributed by atoms with van der Waals surface area (Å²) in [6.45, 7) is 6.18. The van der Waals surface area contributed by atoms with Crippen molar-refractivity contribution in [1.29, 1.82) is 0 Å². The Hall–Kier alpha value is -2.54. The molecular formula is C16H19N7. The van der Waals surface area contributed by atoms with Gasteiger partial charge >= 0.3 is 0 Å². The minimum Gasteiger partial charge on any atom is -0.350 e. The van der Waals surface area contributed by atoms with Crippen molar-refractivity contribution in [3.05, 3.63) is 48.5 Å². The zero-order chi connectivity index (χ0) is 15.6. The van der Waals surface area contributed by atoms with E-state index >= 15 is 0 Å². The van der Waals surface area contributed by atoms with E-state index in [1.165, 1.54) is 5.56 Å². The molecule has 0 N–H and O–H groups in total. The second-order valence-electron chi connectivity index (χ2n) is 5.96.